The molecule has 0 spiro atoms. The molecule has 2 atom stereocenters. The maximum Gasteiger partial charge on any atom is 0.337 e. The third-order valence-electron chi connectivity index (χ3n) is 4.47. The molecule has 6 nitrogen and oxygen atoms in total. The Morgan fingerprint density at radius 1 is 1.33 bits per heavy atom. The van der Waals surface area contributed by atoms with Gasteiger partial charge < -0.3 is 10.4 Å². The molecule has 3 rings (SSSR count). The number of rotatable bonds is 3. The molecule has 2 unspecified atom stereocenters. The van der Waals surface area contributed by atoms with Crippen LogP contribution in [0.2, 0.25) is 0 Å². The van der Waals surface area contributed by atoms with E-state index >= 15 is 0 Å². The van der Waals surface area contributed by atoms with E-state index in [4.69, 9.17) is 5.11 Å². The van der Waals surface area contributed by atoms with Crippen molar-refractivity contribution < 1.29 is 14.7 Å². The lowest BCUT2D eigenvalue weighted by molar-refractivity contribution is 0.0694. The summed E-state index contributed by atoms with van der Waals surface area (Å²) in [6.45, 7) is 3.77. The van der Waals surface area contributed by atoms with Crippen molar-refractivity contribution in [3.63, 3.8) is 0 Å². The van der Waals surface area contributed by atoms with E-state index < -0.39 is 5.97 Å². The number of hydrogen-bond acceptors (Lipinski definition) is 4. The number of carbonyl (C=O) groups is 2. The van der Waals surface area contributed by atoms with Crippen LogP contribution < -0.4 is 5.32 Å². The first-order valence-electron chi connectivity index (χ1n) is 7.32. The quantitative estimate of drug-likeness (QED) is 0.869. The number of fused-ring (bicyclic) bond motifs is 1. The van der Waals surface area contributed by atoms with Gasteiger partial charge in [-0.2, -0.15) is 0 Å². The molecule has 112 valence electrons. The van der Waals surface area contributed by atoms with Crippen LogP contribution in [0, 0.1) is 6.92 Å². The fourth-order valence-corrected chi connectivity index (χ4v) is 3.41. The molecular formula is C15H19N3O3. The molecule has 2 fully saturated rings. The minimum atomic E-state index is -1.02. The molecule has 1 amide bonds. The summed E-state index contributed by atoms with van der Waals surface area (Å²) in [5, 5.41) is 12.0. The molecule has 21 heavy (non-hydrogen) atoms. The van der Waals surface area contributed by atoms with E-state index in [0.717, 1.165) is 25.9 Å². The summed E-state index contributed by atoms with van der Waals surface area (Å²) >= 11 is 0. The van der Waals surface area contributed by atoms with Crippen LogP contribution in [-0.4, -0.2) is 52.0 Å². The van der Waals surface area contributed by atoms with Crippen LogP contribution in [0.3, 0.4) is 0 Å². The van der Waals surface area contributed by atoms with Crippen molar-refractivity contribution in [3.05, 3.63) is 29.1 Å². The molecule has 0 aromatic carbocycles. The highest BCUT2D eigenvalue weighted by Crippen LogP contribution is 2.28. The van der Waals surface area contributed by atoms with Crippen molar-refractivity contribution in [1.82, 2.24) is 15.2 Å². The molecule has 6 heteroatoms. The van der Waals surface area contributed by atoms with Gasteiger partial charge in [-0.3, -0.25) is 9.69 Å². The number of nitrogens with one attached hydrogen (secondary N) is 1. The molecule has 2 N–H and O–H groups in total. The van der Waals surface area contributed by atoms with Gasteiger partial charge in [-0.1, -0.05) is 0 Å². The molecule has 2 aliphatic rings. The molecule has 3 heterocycles. The van der Waals surface area contributed by atoms with E-state index in [1.807, 2.05) is 0 Å². The third kappa shape index (κ3) is 2.63. The lowest BCUT2D eigenvalue weighted by atomic mass is 10.1. The number of amides is 1. The first-order valence-corrected chi connectivity index (χ1v) is 7.32. The van der Waals surface area contributed by atoms with Crippen molar-refractivity contribution in [3.8, 4) is 0 Å². The van der Waals surface area contributed by atoms with Gasteiger partial charge in [-0.15, -0.1) is 0 Å². The smallest absolute Gasteiger partial charge is 0.337 e. The van der Waals surface area contributed by atoms with Gasteiger partial charge in [0.05, 0.1) is 11.3 Å². The molecule has 2 saturated heterocycles. The first kappa shape index (κ1) is 14.0. The number of carboxylic acid groups (broad SMARTS) is 1. The summed E-state index contributed by atoms with van der Waals surface area (Å²) in [5.74, 6) is -1.24. The summed E-state index contributed by atoms with van der Waals surface area (Å²) in [6.07, 6.45) is 3.31. The number of hydrogen-bond donors (Lipinski definition) is 2. The SMILES string of the molecule is Cc1nc(C(=O)NC2CCN3CCCC23)ccc1C(=O)O. The highest BCUT2D eigenvalue weighted by molar-refractivity contribution is 5.94. The number of nitrogens with zero attached hydrogens (tertiary/aromatic N) is 2. The number of pyridine rings is 1. The standard InChI is InChI=1S/C15H19N3O3/c1-9-10(15(20)21)4-5-12(16-9)14(19)17-11-6-8-18-7-2-3-13(11)18/h4-5,11,13H,2-3,6-8H2,1H3,(H,17,19)(H,20,21). The summed E-state index contributed by atoms with van der Waals surface area (Å²) < 4.78 is 0. The fourth-order valence-electron chi connectivity index (χ4n) is 3.41. The normalized spacial score (nSPS) is 24.8. The predicted octanol–water partition coefficient (Wildman–Crippen LogP) is 1.05. The van der Waals surface area contributed by atoms with E-state index in [2.05, 4.69) is 15.2 Å². The summed E-state index contributed by atoms with van der Waals surface area (Å²) in [7, 11) is 0. The Bertz CT molecular complexity index is 588. The fraction of sp³-hybridized carbons (Fsp3) is 0.533. The summed E-state index contributed by atoms with van der Waals surface area (Å²) in [4.78, 5) is 29.8. The van der Waals surface area contributed by atoms with Crippen molar-refractivity contribution >= 4 is 11.9 Å². The van der Waals surface area contributed by atoms with Crippen LogP contribution in [0.25, 0.3) is 0 Å². The molecule has 0 aliphatic carbocycles. The van der Waals surface area contributed by atoms with Crippen LogP contribution in [0.5, 0.6) is 0 Å². The van der Waals surface area contributed by atoms with Crippen LogP contribution in [0.1, 0.15) is 45.8 Å². The number of aromatic carboxylic acids is 1. The third-order valence-corrected chi connectivity index (χ3v) is 4.47. The second kappa shape index (κ2) is 5.44. The van der Waals surface area contributed by atoms with Crippen molar-refractivity contribution in [1.29, 1.82) is 0 Å². The van der Waals surface area contributed by atoms with Crippen molar-refractivity contribution in [2.24, 2.45) is 0 Å². The van der Waals surface area contributed by atoms with Crippen LogP contribution in [-0.2, 0) is 0 Å². The van der Waals surface area contributed by atoms with Gasteiger partial charge in [0.25, 0.3) is 5.91 Å². The van der Waals surface area contributed by atoms with Crippen molar-refractivity contribution in [2.45, 2.75) is 38.3 Å². The Hall–Kier alpha value is -1.95. The van der Waals surface area contributed by atoms with Gasteiger partial charge in [0.1, 0.15) is 5.69 Å². The zero-order valence-corrected chi connectivity index (χ0v) is 12.0. The second-order valence-corrected chi connectivity index (χ2v) is 5.75. The minimum Gasteiger partial charge on any atom is -0.478 e. The van der Waals surface area contributed by atoms with E-state index in [-0.39, 0.29) is 23.2 Å². The molecule has 0 radical (unpaired) electrons. The Kier molecular flexibility index (Phi) is 3.63. The van der Waals surface area contributed by atoms with Gasteiger partial charge in [-0.05, 0) is 44.9 Å². The molecule has 1 aromatic heterocycles. The Morgan fingerprint density at radius 3 is 2.86 bits per heavy atom. The van der Waals surface area contributed by atoms with Crippen LogP contribution >= 0.6 is 0 Å². The number of aryl methyl sites for hydroxylation is 1. The molecule has 1 aromatic rings. The minimum absolute atomic E-state index is 0.134. The number of aromatic nitrogens is 1. The summed E-state index contributed by atoms with van der Waals surface area (Å²) in [5.41, 5.74) is 0.785. The van der Waals surface area contributed by atoms with Crippen molar-refractivity contribution in [2.75, 3.05) is 13.1 Å². The zero-order chi connectivity index (χ0) is 15.0. The molecular weight excluding hydrogens is 270 g/mol. The summed E-state index contributed by atoms with van der Waals surface area (Å²) in [6, 6.07) is 3.55. The molecule has 0 bridgehead atoms. The van der Waals surface area contributed by atoms with Gasteiger partial charge in [0, 0.05) is 18.6 Å². The van der Waals surface area contributed by atoms with Gasteiger partial charge in [0.15, 0.2) is 0 Å². The number of carbonyl (C=O) groups excluding carboxylic acids is 1. The van der Waals surface area contributed by atoms with E-state index in [9.17, 15) is 9.59 Å². The Labute approximate surface area is 123 Å². The zero-order valence-electron chi connectivity index (χ0n) is 12.0. The Balaban J connectivity index is 1.71. The van der Waals surface area contributed by atoms with E-state index in [1.165, 1.54) is 18.6 Å². The van der Waals surface area contributed by atoms with E-state index in [1.54, 1.807) is 6.92 Å². The maximum absolute atomic E-state index is 12.3. The van der Waals surface area contributed by atoms with Gasteiger partial charge in [-0.25, -0.2) is 9.78 Å². The molecule has 0 saturated carbocycles. The highest BCUT2D eigenvalue weighted by Gasteiger charge is 2.38. The second-order valence-electron chi connectivity index (χ2n) is 5.75. The topological polar surface area (TPSA) is 82.5 Å². The van der Waals surface area contributed by atoms with Crippen LogP contribution in [0.4, 0.5) is 0 Å². The molecule has 2 aliphatic heterocycles. The first-order chi connectivity index (χ1) is 10.1. The predicted molar refractivity (Wildman–Crippen MR) is 76.4 cm³/mol. The lowest BCUT2D eigenvalue weighted by Gasteiger charge is -2.21. The number of carboxylic acids is 1. The monoisotopic (exact) mass is 289 g/mol. The van der Waals surface area contributed by atoms with Gasteiger partial charge in [0.2, 0.25) is 0 Å². The average molecular weight is 289 g/mol. The maximum atomic E-state index is 12.3. The van der Waals surface area contributed by atoms with E-state index in [0.29, 0.717) is 11.7 Å². The Morgan fingerprint density at radius 2 is 2.14 bits per heavy atom. The van der Waals surface area contributed by atoms with Gasteiger partial charge >= 0.3 is 5.97 Å². The van der Waals surface area contributed by atoms with Crippen LogP contribution in [0.15, 0.2) is 12.1 Å². The highest BCUT2D eigenvalue weighted by atomic mass is 16.4. The average Bonchev–Trinajstić information content (AvgIpc) is 3.03. The lowest BCUT2D eigenvalue weighted by Crippen LogP contribution is -2.42. The largest absolute Gasteiger partial charge is 0.478 e.